The van der Waals surface area contributed by atoms with Gasteiger partial charge in [0.15, 0.2) is 0 Å². The second-order valence-electron chi connectivity index (χ2n) is 6.05. The van der Waals surface area contributed by atoms with Crippen molar-refractivity contribution in [1.82, 2.24) is 9.97 Å². The predicted molar refractivity (Wildman–Crippen MR) is 78.7 cm³/mol. The van der Waals surface area contributed by atoms with Crippen molar-refractivity contribution < 1.29 is 4.92 Å². The summed E-state index contributed by atoms with van der Waals surface area (Å²) in [7, 11) is 0. The number of hydrazine groups is 1. The van der Waals surface area contributed by atoms with Gasteiger partial charge in [-0.1, -0.05) is 6.42 Å². The highest BCUT2D eigenvalue weighted by atomic mass is 16.6. The monoisotopic (exact) mass is 292 g/mol. The maximum Gasteiger partial charge on any atom is 0.332 e. The molecule has 0 aliphatic heterocycles. The molecule has 2 fully saturated rings. The number of nitrogens with zero attached hydrogens (tertiary/aromatic N) is 3. The molecule has 3 atom stereocenters. The third kappa shape index (κ3) is 2.63. The van der Waals surface area contributed by atoms with Crippen LogP contribution in [0.2, 0.25) is 0 Å². The van der Waals surface area contributed by atoms with E-state index in [1.54, 1.807) is 6.92 Å². The van der Waals surface area contributed by atoms with Crippen LogP contribution in [-0.4, -0.2) is 21.4 Å². The third-order valence-electron chi connectivity index (χ3n) is 4.79. The molecule has 3 rings (SSSR count). The summed E-state index contributed by atoms with van der Waals surface area (Å²) in [4.78, 5) is 18.8. The zero-order chi connectivity index (χ0) is 15.0. The van der Waals surface area contributed by atoms with Crippen LogP contribution >= 0.6 is 0 Å². The fraction of sp³-hybridized carbons (Fsp3) is 0.692. The van der Waals surface area contributed by atoms with Crippen LogP contribution in [0.4, 0.5) is 17.5 Å². The van der Waals surface area contributed by atoms with E-state index in [9.17, 15) is 10.1 Å². The Morgan fingerprint density at radius 1 is 1.38 bits per heavy atom. The number of hydrogen-bond donors (Lipinski definition) is 3. The Balaban J connectivity index is 1.77. The van der Waals surface area contributed by atoms with E-state index in [-0.39, 0.29) is 17.5 Å². The van der Waals surface area contributed by atoms with Crippen molar-refractivity contribution in [3.8, 4) is 0 Å². The minimum Gasteiger partial charge on any atom is -0.364 e. The van der Waals surface area contributed by atoms with E-state index in [1.165, 1.54) is 25.7 Å². The van der Waals surface area contributed by atoms with E-state index >= 15 is 0 Å². The molecule has 2 aliphatic carbocycles. The summed E-state index contributed by atoms with van der Waals surface area (Å²) in [6.45, 7) is 2.31. The molecular formula is C13H20N6O2. The standard InChI is InChI=1S/C13H20N6O2/c1-7-11(19(20)21)12(17-13(16-7)18-14)15-6-10-5-8-2-3-9(10)4-8/h8-10H,2-6,14H2,1H3,(H2,15,16,17,18). The predicted octanol–water partition coefficient (Wildman–Crippen LogP) is 1.83. The van der Waals surface area contributed by atoms with Crippen molar-refractivity contribution in [3.63, 3.8) is 0 Å². The molecule has 1 aromatic heterocycles. The average molecular weight is 292 g/mol. The van der Waals surface area contributed by atoms with Crippen molar-refractivity contribution in [2.45, 2.75) is 32.6 Å². The van der Waals surface area contributed by atoms with Crippen molar-refractivity contribution in [1.29, 1.82) is 0 Å². The van der Waals surface area contributed by atoms with Crippen LogP contribution in [0.3, 0.4) is 0 Å². The Bertz CT molecular complexity index is 564. The molecule has 0 amide bonds. The Morgan fingerprint density at radius 2 is 2.19 bits per heavy atom. The second-order valence-corrected chi connectivity index (χ2v) is 6.05. The summed E-state index contributed by atoms with van der Waals surface area (Å²) < 4.78 is 0. The molecule has 0 saturated heterocycles. The highest BCUT2D eigenvalue weighted by molar-refractivity contribution is 5.60. The number of nitro groups is 1. The molecule has 1 aromatic rings. The lowest BCUT2D eigenvalue weighted by atomic mass is 9.89. The highest BCUT2D eigenvalue weighted by Gasteiger charge is 2.39. The summed E-state index contributed by atoms with van der Waals surface area (Å²) >= 11 is 0. The number of nitrogen functional groups attached to an aromatic ring is 1. The summed E-state index contributed by atoms with van der Waals surface area (Å²) in [5.74, 6) is 7.95. The lowest BCUT2D eigenvalue weighted by Crippen LogP contribution is -2.22. The maximum absolute atomic E-state index is 11.2. The van der Waals surface area contributed by atoms with Crippen molar-refractivity contribution in [3.05, 3.63) is 15.8 Å². The lowest BCUT2D eigenvalue weighted by molar-refractivity contribution is -0.385. The molecule has 114 valence electrons. The first kappa shape index (κ1) is 14.0. The van der Waals surface area contributed by atoms with E-state index in [0.717, 1.165) is 18.4 Å². The molecule has 3 unspecified atom stereocenters. The summed E-state index contributed by atoms with van der Waals surface area (Å²) in [5, 5.41) is 14.3. The highest BCUT2D eigenvalue weighted by Crippen LogP contribution is 2.48. The molecule has 1 heterocycles. The van der Waals surface area contributed by atoms with Gasteiger partial charge in [-0.15, -0.1) is 0 Å². The number of nitrogens with one attached hydrogen (secondary N) is 2. The van der Waals surface area contributed by atoms with Gasteiger partial charge in [-0.2, -0.15) is 4.98 Å². The first-order valence-corrected chi connectivity index (χ1v) is 7.32. The lowest BCUT2D eigenvalue weighted by Gasteiger charge is -2.22. The molecule has 8 nitrogen and oxygen atoms in total. The molecule has 21 heavy (non-hydrogen) atoms. The summed E-state index contributed by atoms with van der Waals surface area (Å²) in [6, 6.07) is 0. The largest absolute Gasteiger partial charge is 0.364 e. The molecule has 2 bridgehead atoms. The van der Waals surface area contributed by atoms with Gasteiger partial charge < -0.3 is 5.32 Å². The van der Waals surface area contributed by atoms with Crippen LogP contribution in [0.5, 0.6) is 0 Å². The number of fused-ring (bicyclic) bond motifs is 2. The first-order valence-electron chi connectivity index (χ1n) is 7.32. The molecular weight excluding hydrogens is 272 g/mol. The fourth-order valence-corrected chi connectivity index (χ4v) is 3.83. The molecule has 2 saturated carbocycles. The van der Waals surface area contributed by atoms with Gasteiger partial charge in [0.05, 0.1) is 4.92 Å². The van der Waals surface area contributed by atoms with Crippen molar-refractivity contribution >= 4 is 17.5 Å². The normalized spacial score (nSPS) is 26.9. The van der Waals surface area contributed by atoms with Gasteiger partial charge in [-0.25, -0.2) is 10.8 Å². The Hall–Kier alpha value is -1.96. The van der Waals surface area contributed by atoms with Gasteiger partial charge in [-0.05, 0) is 43.9 Å². The van der Waals surface area contributed by atoms with E-state index in [4.69, 9.17) is 5.84 Å². The molecule has 0 radical (unpaired) electrons. The van der Waals surface area contributed by atoms with Crippen LogP contribution < -0.4 is 16.6 Å². The van der Waals surface area contributed by atoms with Crippen molar-refractivity contribution in [2.75, 3.05) is 17.3 Å². The minimum absolute atomic E-state index is 0.0721. The topological polar surface area (TPSA) is 119 Å². The number of aromatic nitrogens is 2. The van der Waals surface area contributed by atoms with Crippen LogP contribution in [0.1, 0.15) is 31.4 Å². The van der Waals surface area contributed by atoms with Gasteiger partial charge >= 0.3 is 5.69 Å². The number of hydrogen-bond acceptors (Lipinski definition) is 7. The average Bonchev–Trinajstić information content (AvgIpc) is 3.06. The number of rotatable bonds is 5. The fourth-order valence-electron chi connectivity index (χ4n) is 3.83. The summed E-state index contributed by atoms with van der Waals surface area (Å²) in [6.07, 6.45) is 5.16. The van der Waals surface area contributed by atoms with Crippen LogP contribution in [0.15, 0.2) is 0 Å². The zero-order valence-corrected chi connectivity index (χ0v) is 12.0. The van der Waals surface area contributed by atoms with Crippen LogP contribution in [-0.2, 0) is 0 Å². The van der Waals surface area contributed by atoms with Gasteiger partial charge in [-0.3, -0.25) is 15.5 Å². The zero-order valence-electron chi connectivity index (χ0n) is 12.0. The minimum atomic E-state index is -0.446. The van der Waals surface area contributed by atoms with Crippen LogP contribution in [0.25, 0.3) is 0 Å². The smallest absolute Gasteiger partial charge is 0.332 e. The Labute approximate surface area is 122 Å². The number of aryl methyl sites for hydroxylation is 1. The van der Waals surface area contributed by atoms with Crippen molar-refractivity contribution in [2.24, 2.45) is 23.6 Å². The van der Waals surface area contributed by atoms with Crippen LogP contribution in [0, 0.1) is 34.8 Å². The first-order chi connectivity index (χ1) is 10.1. The molecule has 4 N–H and O–H groups in total. The molecule has 0 spiro atoms. The molecule has 8 heteroatoms. The number of anilines is 2. The SMILES string of the molecule is Cc1nc(NN)nc(NCC2CC3CCC2C3)c1[N+](=O)[O-]. The third-order valence-corrected chi connectivity index (χ3v) is 4.79. The maximum atomic E-state index is 11.2. The molecule has 2 aliphatic rings. The van der Waals surface area contributed by atoms with Gasteiger partial charge in [0.1, 0.15) is 5.69 Å². The van der Waals surface area contributed by atoms with E-state index < -0.39 is 4.92 Å². The van der Waals surface area contributed by atoms with E-state index in [0.29, 0.717) is 11.6 Å². The molecule has 0 aromatic carbocycles. The Morgan fingerprint density at radius 3 is 2.76 bits per heavy atom. The second kappa shape index (κ2) is 5.44. The number of nitrogens with two attached hydrogens (primary N) is 1. The van der Waals surface area contributed by atoms with Gasteiger partial charge in [0, 0.05) is 6.54 Å². The van der Waals surface area contributed by atoms with E-state index in [2.05, 4.69) is 20.7 Å². The quantitative estimate of drug-likeness (QED) is 0.430. The van der Waals surface area contributed by atoms with Gasteiger partial charge in [0.2, 0.25) is 11.8 Å². The van der Waals surface area contributed by atoms with Gasteiger partial charge in [0.25, 0.3) is 0 Å². The Kier molecular flexibility index (Phi) is 3.62. The van der Waals surface area contributed by atoms with E-state index in [1.807, 2.05) is 0 Å². The summed E-state index contributed by atoms with van der Waals surface area (Å²) in [5.41, 5.74) is 2.58.